The monoisotopic (exact) mass is 355 g/mol. The third kappa shape index (κ3) is 3.35. The van der Waals surface area contributed by atoms with Crippen LogP contribution in [0, 0.1) is 34.6 Å². The van der Waals surface area contributed by atoms with Gasteiger partial charge in [0.25, 0.3) is 5.56 Å². The highest BCUT2D eigenvalue weighted by molar-refractivity contribution is 7.18. The number of hydrogen-bond donors (Lipinski definition) is 1. The van der Waals surface area contributed by atoms with E-state index in [0.29, 0.717) is 11.2 Å². The van der Waals surface area contributed by atoms with Gasteiger partial charge in [-0.25, -0.2) is 4.98 Å². The lowest BCUT2D eigenvalue weighted by atomic mass is 10.1. The van der Waals surface area contributed by atoms with Gasteiger partial charge in [-0.2, -0.15) is 0 Å². The van der Waals surface area contributed by atoms with Crippen molar-refractivity contribution in [1.29, 1.82) is 0 Å². The maximum atomic E-state index is 12.7. The predicted octanol–water partition coefficient (Wildman–Crippen LogP) is 3.64. The highest BCUT2D eigenvalue weighted by Gasteiger charge is 2.14. The average molecular weight is 355 g/mol. The molecule has 0 unspecified atom stereocenters. The number of carbonyl (C=O) groups is 1. The fourth-order valence-electron chi connectivity index (χ4n) is 3.12. The number of nitrogens with zero attached hydrogens (tertiary/aromatic N) is 2. The predicted molar refractivity (Wildman–Crippen MR) is 103 cm³/mol. The van der Waals surface area contributed by atoms with Crippen LogP contribution in [0.5, 0.6) is 0 Å². The van der Waals surface area contributed by atoms with Crippen LogP contribution < -0.4 is 10.9 Å². The fraction of sp³-hybridized carbons (Fsp3) is 0.316. The summed E-state index contributed by atoms with van der Waals surface area (Å²) in [5.41, 5.74) is 3.82. The van der Waals surface area contributed by atoms with Crippen LogP contribution in [0.25, 0.3) is 10.2 Å². The molecule has 0 spiro atoms. The minimum absolute atomic E-state index is 0.0464. The van der Waals surface area contributed by atoms with Gasteiger partial charge in [0.05, 0.1) is 5.39 Å². The molecule has 1 N–H and O–H groups in total. The highest BCUT2D eigenvalue weighted by atomic mass is 32.1. The van der Waals surface area contributed by atoms with Gasteiger partial charge in [-0.05, 0) is 51.8 Å². The lowest BCUT2D eigenvalue weighted by Crippen LogP contribution is -2.30. The second kappa shape index (κ2) is 6.44. The van der Waals surface area contributed by atoms with E-state index in [9.17, 15) is 9.59 Å². The van der Waals surface area contributed by atoms with Gasteiger partial charge < -0.3 is 5.32 Å². The van der Waals surface area contributed by atoms with Crippen LogP contribution in [0.4, 0.5) is 5.69 Å². The Balaban J connectivity index is 1.92. The Morgan fingerprint density at radius 3 is 2.40 bits per heavy atom. The largest absolute Gasteiger partial charge is 0.324 e. The molecule has 1 amide bonds. The summed E-state index contributed by atoms with van der Waals surface area (Å²) >= 11 is 1.49. The Kier molecular flexibility index (Phi) is 4.47. The van der Waals surface area contributed by atoms with Gasteiger partial charge in [0, 0.05) is 10.6 Å². The van der Waals surface area contributed by atoms with Crippen molar-refractivity contribution in [2.24, 2.45) is 0 Å². The molecular formula is C19H21N3O2S. The first-order valence-electron chi connectivity index (χ1n) is 8.11. The number of anilines is 1. The normalized spacial score (nSPS) is 11.1. The van der Waals surface area contributed by atoms with E-state index in [4.69, 9.17) is 0 Å². The van der Waals surface area contributed by atoms with E-state index in [-0.39, 0.29) is 18.0 Å². The zero-order valence-corrected chi connectivity index (χ0v) is 15.9. The molecule has 0 aliphatic heterocycles. The molecular weight excluding hydrogens is 334 g/mol. The topological polar surface area (TPSA) is 64.0 Å². The fourth-order valence-corrected chi connectivity index (χ4v) is 4.04. The van der Waals surface area contributed by atoms with E-state index in [1.54, 1.807) is 6.92 Å². The van der Waals surface area contributed by atoms with E-state index in [1.165, 1.54) is 15.9 Å². The maximum absolute atomic E-state index is 12.7. The molecule has 0 saturated heterocycles. The Morgan fingerprint density at radius 2 is 1.76 bits per heavy atom. The number of fused-ring (bicyclic) bond motifs is 1. The number of benzene rings is 1. The minimum Gasteiger partial charge on any atom is -0.324 e. The van der Waals surface area contributed by atoms with Gasteiger partial charge in [-0.15, -0.1) is 11.3 Å². The summed E-state index contributed by atoms with van der Waals surface area (Å²) in [6.07, 6.45) is 0. The van der Waals surface area contributed by atoms with Crippen LogP contribution in [0.3, 0.4) is 0 Å². The molecule has 2 heterocycles. The molecule has 25 heavy (non-hydrogen) atoms. The second-order valence-electron chi connectivity index (χ2n) is 6.45. The molecule has 0 fully saturated rings. The van der Waals surface area contributed by atoms with Crippen LogP contribution in [0.15, 0.2) is 23.0 Å². The molecule has 2 aromatic heterocycles. The minimum atomic E-state index is -0.228. The van der Waals surface area contributed by atoms with Gasteiger partial charge >= 0.3 is 0 Å². The van der Waals surface area contributed by atoms with Crippen molar-refractivity contribution in [1.82, 2.24) is 9.55 Å². The van der Waals surface area contributed by atoms with E-state index in [0.717, 1.165) is 32.1 Å². The van der Waals surface area contributed by atoms with E-state index in [1.807, 2.05) is 45.9 Å². The lowest BCUT2D eigenvalue weighted by Gasteiger charge is -2.14. The van der Waals surface area contributed by atoms with Crippen molar-refractivity contribution >= 4 is 33.1 Å². The van der Waals surface area contributed by atoms with Gasteiger partial charge in [0.1, 0.15) is 17.2 Å². The number of rotatable bonds is 3. The summed E-state index contributed by atoms with van der Waals surface area (Å²) < 4.78 is 1.43. The van der Waals surface area contributed by atoms with Gasteiger partial charge in [-0.3, -0.25) is 14.2 Å². The zero-order chi connectivity index (χ0) is 18.3. The van der Waals surface area contributed by atoms with Gasteiger partial charge in [0.2, 0.25) is 5.91 Å². The average Bonchev–Trinajstić information content (AvgIpc) is 2.88. The van der Waals surface area contributed by atoms with Gasteiger partial charge in [-0.1, -0.05) is 17.7 Å². The van der Waals surface area contributed by atoms with Crippen molar-refractivity contribution < 1.29 is 4.79 Å². The molecule has 0 atom stereocenters. The SMILES string of the molecule is Cc1cc(C)c(NC(=O)Cn2c(C)nc3sc(C)cc3c2=O)c(C)c1. The lowest BCUT2D eigenvalue weighted by molar-refractivity contribution is -0.116. The molecule has 130 valence electrons. The quantitative estimate of drug-likeness (QED) is 0.780. The highest BCUT2D eigenvalue weighted by Crippen LogP contribution is 2.22. The van der Waals surface area contributed by atoms with Crippen molar-refractivity contribution in [3.8, 4) is 0 Å². The van der Waals surface area contributed by atoms with E-state index >= 15 is 0 Å². The van der Waals surface area contributed by atoms with Crippen LogP contribution in [-0.4, -0.2) is 15.5 Å². The number of aryl methyl sites for hydroxylation is 5. The maximum Gasteiger partial charge on any atom is 0.262 e. The molecule has 0 saturated carbocycles. The number of amides is 1. The Labute approximate surface area is 150 Å². The summed E-state index contributed by atoms with van der Waals surface area (Å²) in [5, 5.41) is 3.51. The molecule has 1 aromatic carbocycles. The van der Waals surface area contributed by atoms with Crippen LogP contribution >= 0.6 is 11.3 Å². The molecule has 6 heteroatoms. The number of carbonyl (C=O) groups excluding carboxylic acids is 1. The van der Waals surface area contributed by atoms with E-state index < -0.39 is 0 Å². The molecule has 0 aliphatic rings. The van der Waals surface area contributed by atoms with Crippen molar-refractivity contribution in [2.45, 2.75) is 41.2 Å². The first kappa shape index (κ1) is 17.4. The third-order valence-corrected chi connectivity index (χ3v) is 5.15. The summed E-state index contributed by atoms with van der Waals surface area (Å²) in [5.74, 6) is 0.320. The zero-order valence-electron chi connectivity index (χ0n) is 15.1. The number of nitrogens with one attached hydrogen (secondary N) is 1. The first-order valence-corrected chi connectivity index (χ1v) is 8.93. The van der Waals surface area contributed by atoms with Gasteiger partial charge in [0.15, 0.2) is 0 Å². The van der Waals surface area contributed by atoms with Crippen LogP contribution in [0.1, 0.15) is 27.4 Å². The van der Waals surface area contributed by atoms with Crippen LogP contribution in [-0.2, 0) is 11.3 Å². The summed E-state index contributed by atoms with van der Waals surface area (Å²) in [6, 6.07) is 5.89. The number of thiophene rings is 1. The Hall–Kier alpha value is -2.47. The molecule has 3 rings (SSSR count). The van der Waals surface area contributed by atoms with Crippen molar-refractivity contribution in [3.63, 3.8) is 0 Å². The number of aromatic nitrogens is 2. The molecule has 0 radical (unpaired) electrons. The van der Waals surface area contributed by atoms with E-state index in [2.05, 4.69) is 10.3 Å². The standard InChI is InChI=1S/C19H21N3O2S/c1-10-6-11(2)17(12(3)7-10)21-16(23)9-22-14(5)20-18-15(19(22)24)8-13(4)25-18/h6-8H,9H2,1-5H3,(H,21,23). The summed E-state index contributed by atoms with van der Waals surface area (Å²) in [6.45, 7) is 9.61. The summed E-state index contributed by atoms with van der Waals surface area (Å²) in [7, 11) is 0. The molecule has 0 aliphatic carbocycles. The molecule has 0 bridgehead atoms. The van der Waals surface area contributed by atoms with Crippen molar-refractivity contribution in [3.05, 3.63) is 55.9 Å². The Morgan fingerprint density at radius 1 is 1.12 bits per heavy atom. The van der Waals surface area contributed by atoms with Crippen LogP contribution in [0.2, 0.25) is 0 Å². The second-order valence-corrected chi connectivity index (χ2v) is 7.68. The third-order valence-electron chi connectivity index (χ3n) is 4.21. The Bertz CT molecular complexity index is 1020. The molecule has 5 nitrogen and oxygen atoms in total. The smallest absolute Gasteiger partial charge is 0.262 e. The first-order chi connectivity index (χ1) is 11.8. The molecule has 3 aromatic rings. The summed E-state index contributed by atoms with van der Waals surface area (Å²) in [4.78, 5) is 31.4. The van der Waals surface area contributed by atoms with Crippen molar-refractivity contribution in [2.75, 3.05) is 5.32 Å². The number of hydrogen-bond acceptors (Lipinski definition) is 4.